The second-order valence-corrected chi connectivity index (χ2v) is 4.62. The first-order valence-corrected chi connectivity index (χ1v) is 6.43. The Bertz CT molecular complexity index is 453. The maximum absolute atomic E-state index is 11.7. The molecule has 0 aromatic carbocycles. The fraction of sp³-hybridized carbons (Fsp3) is 0.583. The molecule has 0 atom stereocenters. The first-order valence-electron chi connectivity index (χ1n) is 6.43. The molecule has 1 aromatic heterocycles. The number of halogens is 2. The Balaban J connectivity index is 0.000001000. The molecule has 2 fully saturated rings. The van der Waals surface area contributed by atoms with E-state index in [0.717, 1.165) is 45.0 Å². The Labute approximate surface area is 130 Å². The van der Waals surface area contributed by atoms with Crippen molar-refractivity contribution in [3.63, 3.8) is 0 Å². The van der Waals surface area contributed by atoms with Crippen LogP contribution in [-0.4, -0.2) is 48.6 Å². The number of nitrogens with one attached hydrogen (secondary N) is 1. The summed E-state index contributed by atoms with van der Waals surface area (Å²) in [7, 11) is 0. The van der Waals surface area contributed by atoms with Gasteiger partial charge < -0.3 is 10.2 Å². The zero-order valence-electron chi connectivity index (χ0n) is 11.1. The molecule has 2 aliphatic rings. The molecular weight excluding hydrogens is 301 g/mol. The van der Waals surface area contributed by atoms with Gasteiger partial charge in [-0.1, -0.05) is 0 Å². The predicted octanol–water partition coefficient (Wildman–Crippen LogP) is 0.857. The van der Waals surface area contributed by atoms with Crippen LogP contribution in [0.5, 0.6) is 0 Å². The average Bonchev–Trinajstić information content (AvgIpc) is 2.86. The molecule has 0 spiro atoms. The number of nitrogens with zero attached hydrogens (tertiary/aromatic N) is 4. The minimum Gasteiger partial charge on any atom is -0.353 e. The molecule has 0 unspecified atom stereocenters. The van der Waals surface area contributed by atoms with Crippen molar-refractivity contribution in [2.75, 3.05) is 42.5 Å². The Morgan fingerprint density at radius 2 is 1.75 bits per heavy atom. The summed E-state index contributed by atoms with van der Waals surface area (Å²) in [5.74, 6) is 1.71. The molecule has 1 amide bonds. The quantitative estimate of drug-likeness (QED) is 0.876. The van der Waals surface area contributed by atoms with Crippen LogP contribution in [0.4, 0.5) is 11.6 Å². The van der Waals surface area contributed by atoms with Crippen molar-refractivity contribution < 1.29 is 4.79 Å². The van der Waals surface area contributed by atoms with E-state index >= 15 is 0 Å². The van der Waals surface area contributed by atoms with Crippen molar-refractivity contribution in [2.24, 2.45) is 0 Å². The van der Waals surface area contributed by atoms with E-state index < -0.39 is 0 Å². The molecule has 2 aliphatic heterocycles. The number of amides is 1. The van der Waals surface area contributed by atoms with Crippen molar-refractivity contribution in [1.29, 1.82) is 0 Å². The molecule has 112 valence electrons. The van der Waals surface area contributed by atoms with Gasteiger partial charge in [0, 0.05) is 39.1 Å². The van der Waals surface area contributed by atoms with E-state index in [2.05, 4.69) is 20.2 Å². The van der Waals surface area contributed by atoms with Crippen molar-refractivity contribution >= 4 is 42.4 Å². The van der Waals surface area contributed by atoms with Gasteiger partial charge in [0.1, 0.15) is 5.82 Å². The molecule has 2 saturated heterocycles. The second-order valence-electron chi connectivity index (χ2n) is 4.62. The third-order valence-corrected chi connectivity index (χ3v) is 3.40. The van der Waals surface area contributed by atoms with E-state index in [4.69, 9.17) is 0 Å². The lowest BCUT2D eigenvalue weighted by Gasteiger charge is -2.28. The third kappa shape index (κ3) is 3.50. The SMILES string of the molecule is Cl.Cl.O=C1CCCN1c1cncc(N2CCNCC2)n1. The fourth-order valence-electron chi connectivity index (χ4n) is 2.41. The van der Waals surface area contributed by atoms with Crippen LogP contribution in [0.3, 0.4) is 0 Å². The number of aromatic nitrogens is 2. The number of rotatable bonds is 2. The summed E-state index contributed by atoms with van der Waals surface area (Å²) in [5.41, 5.74) is 0. The highest BCUT2D eigenvalue weighted by Gasteiger charge is 2.23. The van der Waals surface area contributed by atoms with E-state index in [9.17, 15) is 4.79 Å². The normalized spacial score (nSPS) is 18.5. The second kappa shape index (κ2) is 7.61. The standard InChI is InChI=1S/C12H17N5O.2ClH/c18-12-2-1-5-17(12)11-9-14-8-10(15-11)16-6-3-13-4-7-16;;/h8-9,13H,1-7H2;2*1H. The number of carbonyl (C=O) groups is 1. The molecule has 0 saturated carbocycles. The maximum atomic E-state index is 11.7. The van der Waals surface area contributed by atoms with Gasteiger partial charge in [0.2, 0.25) is 5.91 Å². The summed E-state index contributed by atoms with van der Waals surface area (Å²) in [5, 5.41) is 3.31. The molecule has 20 heavy (non-hydrogen) atoms. The van der Waals surface area contributed by atoms with Crippen molar-refractivity contribution in [1.82, 2.24) is 15.3 Å². The lowest BCUT2D eigenvalue weighted by molar-refractivity contribution is -0.117. The Hall–Kier alpha value is -1.11. The maximum Gasteiger partial charge on any atom is 0.228 e. The van der Waals surface area contributed by atoms with Crippen LogP contribution in [0.15, 0.2) is 12.4 Å². The van der Waals surface area contributed by atoms with Gasteiger partial charge in [0.15, 0.2) is 5.82 Å². The van der Waals surface area contributed by atoms with Crippen LogP contribution < -0.4 is 15.1 Å². The van der Waals surface area contributed by atoms with E-state index in [1.165, 1.54) is 0 Å². The summed E-state index contributed by atoms with van der Waals surface area (Å²) in [6, 6.07) is 0. The highest BCUT2D eigenvalue weighted by Crippen LogP contribution is 2.21. The van der Waals surface area contributed by atoms with Gasteiger partial charge in [-0.2, -0.15) is 0 Å². The smallest absolute Gasteiger partial charge is 0.228 e. The topological polar surface area (TPSA) is 61.4 Å². The summed E-state index contributed by atoms with van der Waals surface area (Å²) in [6.07, 6.45) is 4.99. The monoisotopic (exact) mass is 319 g/mol. The Morgan fingerprint density at radius 3 is 2.40 bits per heavy atom. The molecule has 1 aromatic rings. The fourth-order valence-corrected chi connectivity index (χ4v) is 2.41. The molecule has 0 aliphatic carbocycles. The third-order valence-electron chi connectivity index (χ3n) is 3.40. The van der Waals surface area contributed by atoms with Crippen LogP contribution in [0.25, 0.3) is 0 Å². The summed E-state index contributed by atoms with van der Waals surface area (Å²) < 4.78 is 0. The molecule has 3 rings (SSSR count). The number of hydrogen-bond donors (Lipinski definition) is 1. The van der Waals surface area contributed by atoms with Gasteiger partial charge in [-0.05, 0) is 6.42 Å². The molecule has 6 nitrogen and oxygen atoms in total. The highest BCUT2D eigenvalue weighted by molar-refractivity contribution is 5.94. The predicted molar refractivity (Wildman–Crippen MR) is 83.2 cm³/mol. The zero-order valence-corrected chi connectivity index (χ0v) is 12.8. The van der Waals surface area contributed by atoms with Gasteiger partial charge in [0.25, 0.3) is 0 Å². The van der Waals surface area contributed by atoms with Crippen LogP contribution in [0.2, 0.25) is 0 Å². The van der Waals surface area contributed by atoms with Gasteiger partial charge in [0.05, 0.1) is 12.4 Å². The molecule has 0 bridgehead atoms. The van der Waals surface area contributed by atoms with Gasteiger partial charge in [-0.3, -0.25) is 14.7 Å². The minimum absolute atomic E-state index is 0. The van der Waals surface area contributed by atoms with Gasteiger partial charge in [-0.15, -0.1) is 24.8 Å². The largest absolute Gasteiger partial charge is 0.353 e. The number of carbonyl (C=O) groups excluding carboxylic acids is 1. The summed E-state index contributed by atoms with van der Waals surface area (Å²) in [4.78, 5) is 24.4. The minimum atomic E-state index is 0. The zero-order chi connectivity index (χ0) is 12.4. The molecule has 0 radical (unpaired) electrons. The summed E-state index contributed by atoms with van der Waals surface area (Å²) >= 11 is 0. The van der Waals surface area contributed by atoms with Crippen molar-refractivity contribution in [2.45, 2.75) is 12.8 Å². The Kier molecular flexibility index (Phi) is 6.45. The first kappa shape index (κ1) is 16.9. The first-order chi connectivity index (χ1) is 8.84. The molecular formula is C12H19Cl2N5O. The van der Waals surface area contributed by atoms with Crippen LogP contribution in [0.1, 0.15) is 12.8 Å². The van der Waals surface area contributed by atoms with E-state index in [-0.39, 0.29) is 30.7 Å². The highest BCUT2D eigenvalue weighted by atomic mass is 35.5. The van der Waals surface area contributed by atoms with E-state index in [1.54, 1.807) is 17.3 Å². The van der Waals surface area contributed by atoms with Gasteiger partial charge in [-0.25, -0.2) is 4.98 Å². The lowest BCUT2D eigenvalue weighted by atomic mass is 10.3. The number of anilines is 2. The molecule has 1 N–H and O–H groups in total. The van der Waals surface area contributed by atoms with Crippen LogP contribution in [-0.2, 0) is 4.79 Å². The van der Waals surface area contributed by atoms with Crippen LogP contribution >= 0.6 is 24.8 Å². The number of hydrogen-bond acceptors (Lipinski definition) is 5. The molecule has 8 heteroatoms. The van der Waals surface area contributed by atoms with E-state index in [1.807, 2.05) is 0 Å². The van der Waals surface area contributed by atoms with Crippen molar-refractivity contribution in [3.8, 4) is 0 Å². The summed E-state index contributed by atoms with van der Waals surface area (Å²) in [6.45, 7) is 4.57. The molecule has 3 heterocycles. The van der Waals surface area contributed by atoms with E-state index in [0.29, 0.717) is 12.2 Å². The van der Waals surface area contributed by atoms with Crippen molar-refractivity contribution in [3.05, 3.63) is 12.4 Å². The van der Waals surface area contributed by atoms with Gasteiger partial charge >= 0.3 is 0 Å². The Morgan fingerprint density at radius 1 is 1.05 bits per heavy atom. The number of piperazine rings is 1. The lowest BCUT2D eigenvalue weighted by Crippen LogP contribution is -2.44. The average molecular weight is 320 g/mol. The van der Waals surface area contributed by atoms with Crippen LogP contribution in [0, 0.1) is 0 Å².